The van der Waals surface area contributed by atoms with Crippen LogP contribution in [0.5, 0.6) is 0 Å². The Morgan fingerprint density at radius 1 is 1.47 bits per heavy atom. The molecule has 1 saturated carbocycles. The molecular weight excluding hydrogens is 216 g/mol. The molecule has 0 bridgehead atoms. The first kappa shape index (κ1) is 14.5. The van der Waals surface area contributed by atoms with Gasteiger partial charge in [0.2, 0.25) is 5.91 Å². The van der Waals surface area contributed by atoms with Crippen LogP contribution in [0.3, 0.4) is 0 Å². The maximum Gasteiger partial charge on any atom is 0.220 e. The van der Waals surface area contributed by atoms with Crippen LogP contribution in [0.4, 0.5) is 0 Å². The summed E-state index contributed by atoms with van der Waals surface area (Å²) in [5.74, 6) is 0.959. The molecule has 1 rings (SSSR count). The quantitative estimate of drug-likeness (QED) is 0.707. The van der Waals surface area contributed by atoms with E-state index in [1.807, 2.05) is 6.92 Å². The maximum atomic E-state index is 11.8. The number of hydrogen-bond acceptors (Lipinski definition) is 3. The predicted octanol–water partition coefficient (Wildman–Crippen LogP) is 1.29. The summed E-state index contributed by atoms with van der Waals surface area (Å²) >= 11 is 0. The van der Waals surface area contributed by atoms with E-state index in [0.717, 1.165) is 0 Å². The SMILES string of the molecule is COCC(C)CC(=O)NC(CN)C1CCCC1. The smallest absolute Gasteiger partial charge is 0.220 e. The van der Waals surface area contributed by atoms with Gasteiger partial charge in [0, 0.05) is 32.7 Å². The molecule has 100 valence electrons. The van der Waals surface area contributed by atoms with E-state index in [9.17, 15) is 4.79 Å². The van der Waals surface area contributed by atoms with Gasteiger partial charge in [-0.2, -0.15) is 0 Å². The summed E-state index contributed by atoms with van der Waals surface area (Å²) in [7, 11) is 1.66. The Kier molecular flexibility index (Phi) is 6.52. The number of ether oxygens (including phenoxy) is 1. The van der Waals surface area contributed by atoms with Crippen LogP contribution in [0.15, 0.2) is 0 Å². The fourth-order valence-corrected chi connectivity index (χ4v) is 2.65. The molecule has 0 aromatic heterocycles. The molecule has 0 saturated heterocycles. The second-order valence-electron chi connectivity index (χ2n) is 5.22. The second-order valence-corrected chi connectivity index (χ2v) is 5.22. The van der Waals surface area contributed by atoms with Gasteiger partial charge in [0.15, 0.2) is 0 Å². The summed E-state index contributed by atoms with van der Waals surface area (Å²) in [6.07, 6.45) is 5.48. The van der Waals surface area contributed by atoms with Crippen LogP contribution >= 0.6 is 0 Å². The molecule has 17 heavy (non-hydrogen) atoms. The third-order valence-electron chi connectivity index (χ3n) is 3.55. The Morgan fingerprint density at radius 3 is 2.65 bits per heavy atom. The first-order chi connectivity index (χ1) is 8.17. The second kappa shape index (κ2) is 7.67. The Labute approximate surface area is 104 Å². The highest BCUT2D eigenvalue weighted by Crippen LogP contribution is 2.27. The van der Waals surface area contributed by atoms with E-state index in [1.54, 1.807) is 7.11 Å². The Bertz CT molecular complexity index is 227. The third kappa shape index (κ3) is 5.04. The van der Waals surface area contributed by atoms with E-state index < -0.39 is 0 Å². The van der Waals surface area contributed by atoms with E-state index >= 15 is 0 Å². The maximum absolute atomic E-state index is 11.8. The van der Waals surface area contributed by atoms with Crippen molar-refractivity contribution in [3.8, 4) is 0 Å². The van der Waals surface area contributed by atoms with Crippen LogP contribution in [-0.4, -0.2) is 32.2 Å². The van der Waals surface area contributed by atoms with Gasteiger partial charge in [0.05, 0.1) is 0 Å². The average molecular weight is 242 g/mol. The van der Waals surface area contributed by atoms with Gasteiger partial charge in [-0.3, -0.25) is 4.79 Å². The summed E-state index contributed by atoms with van der Waals surface area (Å²) < 4.78 is 5.03. The number of carbonyl (C=O) groups excluding carboxylic acids is 1. The highest BCUT2D eigenvalue weighted by molar-refractivity contribution is 5.76. The van der Waals surface area contributed by atoms with Crippen molar-refractivity contribution < 1.29 is 9.53 Å². The van der Waals surface area contributed by atoms with Gasteiger partial charge in [-0.05, 0) is 24.7 Å². The van der Waals surface area contributed by atoms with Gasteiger partial charge in [0.1, 0.15) is 0 Å². The van der Waals surface area contributed by atoms with E-state index in [-0.39, 0.29) is 17.9 Å². The molecule has 0 aromatic rings. The molecule has 3 N–H and O–H groups in total. The molecule has 1 amide bonds. The minimum Gasteiger partial charge on any atom is -0.384 e. The minimum absolute atomic E-state index is 0.108. The molecule has 0 heterocycles. The largest absolute Gasteiger partial charge is 0.384 e. The normalized spacial score (nSPS) is 20.2. The highest BCUT2D eigenvalue weighted by Gasteiger charge is 2.25. The van der Waals surface area contributed by atoms with Crippen LogP contribution in [-0.2, 0) is 9.53 Å². The Morgan fingerprint density at radius 2 is 2.12 bits per heavy atom. The van der Waals surface area contributed by atoms with Gasteiger partial charge >= 0.3 is 0 Å². The fourth-order valence-electron chi connectivity index (χ4n) is 2.65. The molecule has 0 radical (unpaired) electrons. The molecule has 1 aliphatic rings. The van der Waals surface area contributed by atoms with Gasteiger partial charge in [-0.1, -0.05) is 19.8 Å². The lowest BCUT2D eigenvalue weighted by atomic mass is 9.97. The monoisotopic (exact) mass is 242 g/mol. The van der Waals surface area contributed by atoms with Crippen molar-refractivity contribution in [2.45, 2.75) is 45.1 Å². The van der Waals surface area contributed by atoms with E-state index in [1.165, 1.54) is 25.7 Å². The molecule has 2 unspecified atom stereocenters. The first-order valence-corrected chi connectivity index (χ1v) is 6.65. The molecule has 1 aliphatic carbocycles. The summed E-state index contributed by atoms with van der Waals surface area (Å²) in [5.41, 5.74) is 5.75. The number of methoxy groups -OCH3 is 1. The Hall–Kier alpha value is -0.610. The predicted molar refractivity (Wildman–Crippen MR) is 68.6 cm³/mol. The molecule has 0 aromatic carbocycles. The third-order valence-corrected chi connectivity index (χ3v) is 3.55. The lowest BCUT2D eigenvalue weighted by Crippen LogP contribution is -2.45. The minimum atomic E-state index is 0.108. The van der Waals surface area contributed by atoms with Crippen LogP contribution in [0.1, 0.15) is 39.0 Å². The van der Waals surface area contributed by atoms with Gasteiger partial charge < -0.3 is 15.8 Å². The number of rotatable bonds is 7. The topological polar surface area (TPSA) is 64.3 Å². The number of hydrogen-bond donors (Lipinski definition) is 2. The van der Waals surface area contributed by atoms with Gasteiger partial charge in [-0.25, -0.2) is 0 Å². The zero-order chi connectivity index (χ0) is 12.7. The molecule has 1 fully saturated rings. The molecule has 0 aliphatic heterocycles. The van der Waals surface area contributed by atoms with Crippen molar-refractivity contribution in [3.63, 3.8) is 0 Å². The standard InChI is InChI=1S/C13H26N2O2/c1-10(9-17-2)7-13(16)15-12(8-14)11-5-3-4-6-11/h10-12H,3-9,14H2,1-2H3,(H,15,16). The summed E-state index contributed by atoms with van der Waals surface area (Å²) in [5, 5.41) is 3.08. The summed E-state index contributed by atoms with van der Waals surface area (Å²) in [6.45, 7) is 3.20. The molecule has 4 nitrogen and oxygen atoms in total. The lowest BCUT2D eigenvalue weighted by Gasteiger charge is -2.23. The fraction of sp³-hybridized carbons (Fsp3) is 0.923. The average Bonchev–Trinajstić information content (AvgIpc) is 2.79. The molecule has 0 spiro atoms. The van der Waals surface area contributed by atoms with Crippen molar-refractivity contribution in [3.05, 3.63) is 0 Å². The van der Waals surface area contributed by atoms with Crippen molar-refractivity contribution in [2.24, 2.45) is 17.6 Å². The number of nitrogens with two attached hydrogens (primary N) is 1. The number of amides is 1. The van der Waals surface area contributed by atoms with Crippen molar-refractivity contribution >= 4 is 5.91 Å². The highest BCUT2D eigenvalue weighted by atomic mass is 16.5. The van der Waals surface area contributed by atoms with E-state index in [0.29, 0.717) is 25.5 Å². The van der Waals surface area contributed by atoms with E-state index in [2.05, 4.69) is 5.32 Å². The van der Waals surface area contributed by atoms with Crippen LogP contribution in [0.2, 0.25) is 0 Å². The Balaban J connectivity index is 2.31. The van der Waals surface area contributed by atoms with Crippen molar-refractivity contribution in [1.29, 1.82) is 0 Å². The molecule has 4 heteroatoms. The first-order valence-electron chi connectivity index (χ1n) is 6.65. The van der Waals surface area contributed by atoms with Crippen molar-refractivity contribution in [1.82, 2.24) is 5.32 Å². The van der Waals surface area contributed by atoms with Crippen LogP contribution in [0.25, 0.3) is 0 Å². The van der Waals surface area contributed by atoms with Gasteiger partial charge in [0.25, 0.3) is 0 Å². The zero-order valence-electron chi connectivity index (χ0n) is 11.1. The molecule has 2 atom stereocenters. The van der Waals surface area contributed by atoms with Crippen LogP contribution in [0, 0.1) is 11.8 Å². The van der Waals surface area contributed by atoms with Crippen LogP contribution < -0.4 is 11.1 Å². The van der Waals surface area contributed by atoms with Gasteiger partial charge in [-0.15, -0.1) is 0 Å². The number of carbonyl (C=O) groups is 1. The van der Waals surface area contributed by atoms with Crippen molar-refractivity contribution in [2.75, 3.05) is 20.3 Å². The summed E-state index contributed by atoms with van der Waals surface area (Å²) in [6, 6.07) is 0.166. The molecular formula is C13H26N2O2. The zero-order valence-corrected chi connectivity index (χ0v) is 11.1. The van der Waals surface area contributed by atoms with E-state index in [4.69, 9.17) is 10.5 Å². The summed E-state index contributed by atoms with van der Waals surface area (Å²) in [4.78, 5) is 11.8. The lowest BCUT2D eigenvalue weighted by molar-refractivity contribution is -0.123. The number of nitrogens with one attached hydrogen (secondary N) is 1.